The number of anilines is 2. The minimum Gasteiger partial charge on any atom is -0.399 e. The van der Waals surface area contributed by atoms with E-state index >= 15 is 0 Å². The molecule has 0 fully saturated rings. The summed E-state index contributed by atoms with van der Waals surface area (Å²) in [7, 11) is 0. The van der Waals surface area contributed by atoms with E-state index in [2.05, 4.69) is 33.5 Å². The first-order chi connectivity index (χ1) is 11.3. The van der Waals surface area contributed by atoms with E-state index in [1.165, 1.54) is 11.1 Å². The summed E-state index contributed by atoms with van der Waals surface area (Å²) >= 11 is 0. The van der Waals surface area contributed by atoms with E-state index in [4.69, 9.17) is 5.73 Å². The van der Waals surface area contributed by atoms with Gasteiger partial charge in [-0.15, -0.1) is 0 Å². The average molecular weight is 306 g/mol. The normalized spacial score (nSPS) is 15.7. The SMILES string of the molecule is CC.Nc1ccc2c(c1)CC(Nc1ncnc3ccccc13)C2. The summed E-state index contributed by atoms with van der Waals surface area (Å²) in [5.74, 6) is 0.909. The molecule has 3 N–H and O–H groups in total. The highest BCUT2D eigenvalue weighted by Crippen LogP contribution is 2.27. The predicted molar refractivity (Wildman–Crippen MR) is 96.6 cm³/mol. The van der Waals surface area contributed by atoms with Gasteiger partial charge in [-0.1, -0.05) is 32.0 Å². The monoisotopic (exact) mass is 306 g/mol. The number of nitrogen functional groups attached to an aromatic ring is 1. The van der Waals surface area contributed by atoms with Crippen molar-refractivity contribution in [2.45, 2.75) is 32.7 Å². The van der Waals surface area contributed by atoms with Crippen LogP contribution in [0.15, 0.2) is 48.8 Å². The van der Waals surface area contributed by atoms with E-state index in [9.17, 15) is 0 Å². The van der Waals surface area contributed by atoms with Crippen LogP contribution in [0.3, 0.4) is 0 Å². The number of fused-ring (bicyclic) bond motifs is 2. The zero-order valence-electron chi connectivity index (χ0n) is 13.6. The molecule has 1 heterocycles. The summed E-state index contributed by atoms with van der Waals surface area (Å²) in [5, 5.41) is 4.62. The van der Waals surface area contributed by atoms with Crippen molar-refractivity contribution in [3.63, 3.8) is 0 Å². The third-order valence-electron chi connectivity index (χ3n) is 4.05. The Morgan fingerprint density at radius 3 is 2.65 bits per heavy atom. The van der Waals surface area contributed by atoms with E-state index in [1.807, 2.05) is 38.1 Å². The van der Waals surface area contributed by atoms with E-state index in [-0.39, 0.29) is 0 Å². The quantitative estimate of drug-likeness (QED) is 0.707. The fourth-order valence-electron chi connectivity index (χ4n) is 3.05. The summed E-state index contributed by atoms with van der Waals surface area (Å²) in [5.41, 5.74) is 10.4. The highest BCUT2D eigenvalue weighted by molar-refractivity contribution is 5.88. The minimum absolute atomic E-state index is 0.361. The molecule has 1 atom stereocenters. The van der Waals surface area contributed by atoms with Crippen LogP contribution in [-0.2, 0) is 12.8 Å². The van der Waals surface area contributed by atoms with E-state index in [0.717, 1.165) is 35.2 Å². The third-order valence-corrected chi connectivity index (χ3v) is 4.05. The lowest BCUT2D eigenvalue weighted by atomic mass is 10.1. The third kappa shape index (κ3) is 3.11. The molecule has 1 aromatic heterocycles. The van der Waals surface area contributed by atoms with Gasteiger partial charge in [0, 0.05) is 17.1 Å². The van der Waals surface area contributed by atoms with Crippen molar-refractivity contribution in [2.24, 2.45) is 0 Å². The molecule has 1 aliphatic carbocycles. The standard InChI is InChI=1S/C17H16N4.C2H6/c18-13-6-5-11-8-14(9-12(11)7-13)21-17-15-3-1-2-4-16(15)19-10-20-17;1-2/h1-7,10,14H,8-9,18H2,(H,19,20,21);1-2H3. The summed E-state index contributed by atoms with van der Waals surface area (Å²) in [6, 6.07) is 14.6. The second kappa shape index (κ2) is 6.65. The van der Waals surface area contributed by atoms with Gasteiger partial charge in [0.1, 0.15) is 12.1 Å². The van der Waals surface area contributed by atoms with Gasteiger partial charge in [-0.3, -0.25) is 0 Å². The summed E-state index contributed by atoms with van der Waals surface area (Å²) in [6.45, 7) is 4.00. The van der Waals surface area contributed by atoms with Crippen molar-refractivity contribution < 1.29 is 0 Å². The Morgan fingerprint density at radius 2 is 1.78 bits per heavy atom. The van der Waals surface area contributed by atoms with Gasteiger partial charge in [-0.25, -0.2) is 9.97 Å². The first kappa shape index (κ1) is 15.3. The van der Waals surface area contributed by atoms with Gasteiger partial charge in [-0.2, -0.15) is 0 Å². The Balaban J connectivity index is 0.000000753. The molecule has 0 amide bonds. The number of aromatic nitrogens is 2. The van der Waals surface area contributed by atoms with Crippen molar-refractivity contribution in [3.05, 3.63) is 59.9 Å². The number of nitrogens with zero attached hydrogens (tertiary/aromatic N) is 2. The zero-order valence-corrected chi connectivity index (χ0v) is 13.6. The first-order valence-electron chi connectivity index (χ1n) is 8.13. The van der Waals surface area contributed by atoms with Crippen LogP contribution < -0.4 is 11.1 Å². The van der Waals surface area contributed by atoms with Crippen LogP contribution >= 0.6 is 0 Å². The fraction of sp³-hybridized carbons (Fsp3) is 0.263. The Labute approximate surface area is 136 Å². The fourth-order valence-corrected chi connectivity index (χ4v) is 3.05. The maximum Gasteiger partial charge on any atom is 0.137 e. The largest absolute Gasteiger partial charge is 0.399 e. The number of benzene rings is 2. The van der Waals surface area contributed by atoms with Crippen molar-refractivity contribution in [3.8, 4) is 0 Å². The van der Waals surface area contributed by atoms with E-state index in [1.54, 1.807) is 6.33 Å². The van der Waals surface area contributed by atoms with Crippen LogP contribution in [0, 0.1) is 0 Å². The van der Waals surface area contributed by atoms with Gasteiger partial charge in [0.2, 0.25) is 0 Å². The molecule has 23 heavy (non-hydrogen) atoms. The Hall–Kier alpha value is -2.62. The van der Waals surface area contributed by atoms with Gasteiger partial charge in [0.05, 0.1) is 5.52 Å². The maximum absolute atomic E-state index is 5.86. The highest BCUT2D eigenvalue weighted by Gasteiger charge is 2.22. The van der Waals surface area contributed by atoms with Crippen molar-refractivity contribution in [2.75, 3.05) is 11.1 Å². The Bertz CT molecular complexity index is 808. The lowest BCUT2D eigenvalue weighted by Crippen LogP contribution is -2.20. The number of para-hydroxylation sites is 1. The first-order valence-corrected chi connectivity index (χ1v) is 8.13. The molecule has 0 spiro atoms. The van der Waals surface area contributed by atoms with Crippen molar-refractivity contribution in [1.29, 1.82) is 0 Å². The molecular weight excluding hydrogens is 284 g/mol. The zero-order chi connectivity index (χ0) is 16.2. The van der Waals surface area contributed by atoms with Crippen LogP contribution in [0.1, 0.15) is 25.0 Å². The average Bonchev–Trinajstić information content (AvgIpc) is 2.98. The van der Waals surface area contributed by atoms with Gasteiger partial charge in [0.15, 0.2) is 0 Å². The highest BCUT2D eigenvalue weighted by atomic mass is 15.0. The Kier molecular flexibility index (Phi) is 4.42. The van der Waals surface area contributed by atoms with Crippen molar-refractivity contribution in [1.82, 2.24) is 9.97 Å². The molecule has 0 bridgehead atoms. The molecule has 0 saturated carbocycles. The van der Waals surface area contributed by atoms with E-state index in [0.29, 0.717) is 6.04 Å². The molecule has 4 nitrogen and oxygen atoms in total. The van der Waals surface area contributed by atoms with Gasteiger partial charge < -0.3 is 11.1 Å². The molecule has 0 radical (unpaired) electrons. The van der Waals surface area contributed by atoms with E-state index < -0.39 is 0 Å². The molecule has 0 saturated heterocycles. The second-order valence-electron chi connectivity index (χ2n) is 5.52. The molecule has 3 aromatic rings. The topological polar surface area (TPSA) is 63.8 Å². The Morgan fingerprint density at radius 1 is 1.00 bits per heavy atom. The van der Waals surface area contributed by atoms with Crippen LogP contribution in [0.25, 0.3) is 10.9 Å². The summed E-state index contributed by atoms with van der Waals surface area (Å²) in [4.78, 5) is 8.70. The summed E-state index contributed by atoms with van der Waals surface area (Å²) < 4.78 is 0. The second-order valence-corrected chi connectivity index (χ2v) is 5.52. The lowest BCUT2D eigenvalue weighted by molar-refractivity contribution is 0.770. The summed E-state index contributed by atoms with van der Waals surface area (Å²) in [6.07, 6.45) is 3.61. The molecule has 0 aliphatic heterocycles. The van der Waals surface area contributed by atoms with Gasteiger partial charge in [0.25, 0.3) is 0 Å². The molecular formula is C19H22N4. The van der Waals surface area contributed by atoms with Crippen molar-refractivity contribution >= 4 is 22.4 Å². The smallest absolute Gasteiger partial charge is 0.137 e. The van der Waals surface area contributed by atoms with Crippen LogP contribution in [0.5, 0.6) is 0 Å². The maximum atomic E-state index is 5.86. The molecule has 1 aliphatic rings. The number of hydrogen-bond acceptors (Lipinski definition) is 4. The molecule has 4 rings (SSSR count). The number of hydrogen-bond donors (Lipinski definition) is 2. The molecule has 4 heteroatoms. The molecule has 2 aromatic carbocycles. The number of rotatable bonds is 2. The molecule has 118 valence electrons. The van der Waals surface area contributed by atoms with Gasteiger partial charge in [-0.05, 0) is 48.2 Å². The van der Waals surface area contributed by atoms with Crippen LogP contribution in [-0.4, -0.2) is 16.0 Å². The molecule has 1 unspecified atom stereocenters. The minimum atomic E-state index is 0.361. The van der Waals surface area contributed by atoms with Crippen LogP contribution in [0.4, 0.5) is 11.5 Å². The van der Waals surface area contributed by atoms with Gasteiger partial charge >= 0.3 is 0 Å². The lowest BCUT2D eigenvalue weighted by Gasteiger charge is -2.14. The number of nitrogens with one attached hydrogen (secondary N) is 1. The van der Waals surface area contributed by atoms with Crippen LogP contribution in [0.2, 0.25) is 0 Å². The number of nitrogens with two attached hydrogens (primary N) is 1. The predicted octanol–water partition coefficient (Wildman–Crippen LogP) is 3.82.